The number of nitrogens with one attached hydrogen (secondary N) is 3. The quantitative estimate of drug-likeness (QED) is 0.490. The summed E-state index contributed by atoms with van der Waals surface area (Å²) in [5.74, 6) is -0.0997. The predicted molar refractivity (Wildman–Crippen MR) is 122 cm³/mol. The minimum Gasteiger partial charge on any atom is -0.381 e. The number of nitrogens with zero attached hydrogens (tertiary/aromatic N) is 2. The number of benzene rings is 1. The maximum Gasteiger partial charge on any atom is 0.246 e. The van der Waals surface area contributed by atoms with E-state index in [-0.39, 0.29) is 29.3 Å². The SMILES string of the molecule is Cc1cc(NC(=O)CNc2cc(S(=O)(=O)N3CCOCC3)ccc2NCC2CCCO2)on1. The lowest BCUT2D eigenvalue weighted by atomic mass is 10.2. The number of rotatable bonds is 9. The van der Waals surface area contributed by atoms with Crippen LogP contribution in [-0.4, -0.2) is 75.9 Å². The molecule has 0 saturated carbocycles. The summed E-state index contributed by atoms with van der Waals surface area (Å²) in [5.41, 5.74) is 1.85. The van der Waals surface area contributed by atoms with Crippen LogP contribution in [0.4, 0.5) is 17.3 Å². The molecule has 1 unspecified atom stereocenters. The molecule has 2 aromatic rings. The number of carbonyl (C=O) groups is 1. The van der Waals surface area contributed by atoms with Crippen LogP contribution in [0.1, 0.15) is 18.5 Å². The first-order valence-corrected chi connectivity index (χ1v) is 12.4. The maximum absolute atomic E-state index is 13.1. The van der Waals surface area contributed by atoms with Crippen molar-refractivity contribution in [1.29, 1.82) is 0 Å². The molecule has 1 aromatic heterocycles. The molecule has 2 fully saturated rings. The van der Waals surface area contributed by atoms with E-state index in [1.165, 1.54) is 4.31 Å². The zero-order valence-corrected chi connectivity index (χ0v) is 19.3. The average molecular weight is 480 g/mol. The summed E-state index contributed by atoms with van der Waals surface area (Å²) in [6, 6.07) is 6.45. The van der Waals surface area contributed by atoms with Gasteiger partial charge in [0.1, 0.15) is 0 Å². The molecule has 0 radical (unpaired) electrons. The number of hydrogen-bond donors (Lipinski definition) is 3. The van der Waals surface area contributed by atoms with E-state index in [0.29, 0.717) is 49.9 Å². The number of carbonyl (C=O) groups excluding carboxylic acids is 1. The summed E-state index contributed by atoms with van der Waals surface area (Å²) < 4.78 is 43.6. The lowest BCUT2D eigenvalue weighted by Crippen LogP contribution is -2.40. The smallest absolute Gasteiger partial charge is 0.246 e. The molecule has 0 spiro atoms. The van der Waals surface area contributed by atoms with Crippen LogP contribution in [0.15, 0.2) is 33.7 Å². The van der Waals surface area contributed by atoms with Gasteiger partial charge in [-0.15, -0.1) is 0 Å². The van der Waals surface area contributed by atoms with Crippen LogP contribution in [0, 0.1) is 6.92 Å². The lowest BCUT2D eigenvalue weighted by molar-refractivity contribution is -0.114. The van der Waals surface area contributed by atoms with E-state index in [1.807, 2.05) is 0 Å². The van der Waals surface area contributed by atoms with Gasteiger partial charge in [-0.3, -0.25) is 10.1 Å². The molecule has 180 valence electrons. The second kappa shape index (κ2) is 10.5. The molecular weight excluding hydrogens is 450 g/mol. The molecule has 1 atom stereocenters. The Morgan fingerprint density at radius 1 is 1.15 bits per heavy atom. The molecule has 1 amide bonds. The highest BCUT2D eigenvalue weighted by atomic mass is 32.2. The predicted octanol–water partition coefficient (Wildman–Crippen LogP) is 1.65. The van der Waals surface area contributed by atoms with Crippen molar-refractivity contribution in [3.05, 3.63) is 30.0 Å². The van der Waals surface area contributed by atoms with Crippen molar-refractivity contribution >= 4 is 33.2 Å². The molecule has 2 aliphatic heterocycles. The van der Waals surface area contributed by atoms with Gasteiger partial charge in [0.2, 0.25) is 21.8 Å². The fraction of sp³-hybridized carbons (Fsp3) is 0.524. The number of aromatic nitrogens is 1. The molecule has 12 heteroatoms. The van der Waals surface area contributed by atoms with E-state index in [1.54, 1.807) is 31.2 Å². The maximum atomic E-state index is 13.1. The topological polar surface area (TPSA) is 135 Å². The first-order chi connectivity index (χ1) is 15.9. The third-order valence-electron chi connectivity index (χ3n) is 5.47. The highest BCUT2D eigenvalue weighted by Gasteiger charge is 2.27. The van der Waals surface area contributed by atoms with Gasteiger partial charge in [-0.05, 0) is 38.0 Å². The number of ether oxygens (including phenoxy) is 2. The minimum atomic E-state index is -3.68. The van der Waals surface area contributed by atoms with E-state index in [2.05, 4.69) is 21.1 Å². The third kappa shape index (κ3) is 6.02. The Labute approximate surface area is 192 Å². The van der Waals surface area contributed by atoms with Gasteiger partial charge < -0.3 is 24.6 Å². The third-order valence-corrected chi connectivity index (χ3v) is 7.37. The largest absolute Gasteiger partial charge is 0.381 e. The van der Waals surface area contributed by atoms with Gasteiger partial charge in [-0.2, -0.15) is 4.31 Å². The molecule has 2 aliphatic rings. The molecular formula is C21H29N5O6S. The Kier molecular flexibility index (Phi) is 7.48. The highest BCUT2D eigenvalue weighted by molar-refractivity contribution is 7.89. The molecule has 1 aromatic carbocycles. The summed E-state index contributed by atoms with van der Waals surface area (Å²) in [7, 11) is -3.68. The molecule has 3 heterocycles. The number of anilines is 3. The number of morpholine rings is 1. The molecule has 0 aliphatic carbocycles. The number of hydrogen-bond acceptors (Lipinski definition) is 9. The van der Waals surface area contributed by atoms with Crippen molar-refractivity contribution in [2.24, 2.45) is 0 Å². The van der Waals surface area contributed by atoms with Crippen LogP contribution in [0.3, 0.4) is 0 Å². The highest BCUT2D eigenvalue weighted by Crippen LogP contribution is 2.28. The van der Waals surface area contributed by atoms with Crippen molar-refractivity contribution in [2.45, 2.75) is 30.8 Å². The molecule has 2 saturated heterocycles. The van der Waals surface area contributed by atoms with Crippen molar-refractivity contribution in [2.75, 3.05) is 62.0 Å². The Balaban J connectivity index is 1.49. The summed E-state index contributed by atoms with van der Waals surface area (Å²) in [4.78, 5) is 12.5. The van der Waals surface area contributed by atoms with Gasteiger partial charge in [0, 0.05) is 32.3 Å². The standard InChI is InChI=1S/C21H29N5O6S/c1-15-11-21(32-25-15)24-20(27)14-23-19-12-17(33(28,29)26-6-9-30-10-7-26)4-5-18(19)22-13-16-3-2-8-31-16/h4-5,11-12,16,22-23H,2-3,6-10,13-14H2,1H3,(H,24,27). The second-order valence-corrected chi connectivity index (χ2v) is 9.91. The fourth-order valence-corrected chi connectivity index (χ4v) is 5.16. The number of amides is 1. The van der Waals surface area contributed by atoms with E-state index in [0.717, 1.165) is 19.4 Å². The average Bonchev–Trinajstić information content (AvgIpc) is 3.48. The fourth-order valence-electron chi connectivity index (χ4n) is 3.73. The van der Waals surface area contributed by atoms with E-state index in [9.17, 15) is 13.2 Å². The minimum absolute atomic E-state index is 0.0879. The van der Waals surface area contributed by atoms with Crippen molar-refractivity contribution in [3.63, 3.8) is 0 Å². The van der Waals surface area contributed by atoms with Gasteiger partial charge >= 0.3 is 0 Å². The van der Waals surface area contributed by atoms with Crippen LogP contribution < -0.4 is 16.0 Å². The van der Waals surface area contributed by atoms with Crippen molar-refractivity contribution in [1.82, 2.24) is 9.46 Å². The zero-order chi connectivity index (χ0) is 23.3. The van der Waals surface area contributed by atoms with Crippen LogP contribution in [0.5, 0.6) is 0 Å². The molecule has 11 nitrogen and oxygen atoms in total. The van der Waals surface area contributed by atoms with Gasteiger partial charge in [0.05, 0.1) is 47.8 Å². The molecule has 4 rings (SSSR count). The zero-order valence-electron chi connectivity index (χ0n) is 18.5. The Morgan fingerprint density at radius 2 is 1.97 bits per heavy atom. The van der Waals surface area contributed by atoms with Gasteiger partial charge in [-0.1, -0.05) is 5.16 Å². The van der Waals surface area contributed by atoms with Crippen LogP contribution in [0.2, 0.25) is 0 Å². The Morgan fingerprint density at radius 3 is 2.67 bits per heavy atom. The lowest BCUT2D eigenvalue weighted by Gasteiger charge is -2.26. The van der Waals surface area contributed by atoms with Crippen LogP contribution in [-0.2, 0) is 24.3 Å². The van der Waals surface area contributed by atoms with Gasteiger partial charge in [0.25, 0.3) is 0 Å². The summed E-state index contributed by atoms with van der Waals surface area (Å²) in [6.07, 6.45) is 2.10. The first kappa shape index (κ1) is 23.5. The van der Waals surface area contributed by atoms with Crippen LogP contribution >= 0.6 is 0 Å². The first-order valence-electron chi connectivity index (χ1n) is 11.0. The van der Waals surface area contributed by atoms with Gasteiger partial charge in [0.15, 0.2) is 0 Å². The van der Waals surface area contributed by atoms with Crippen LogP contribution in [0.25, 0.3) is 0 Å². The summed E-state index contributed by atoms with van der Waals surface area (Å²) in [6.45, 7) is 4.36. The Bertz CT molecular complexity index is 1060. The molecule has 33 heavy (non-hydrogen) atoms. The molecule has 0 bridgehead atoms. The van der Waals surface area contributed by atoms with Gasteiger partial charge in [-0.25, -0.2) is 8.42 Å². The van der Waals surface area contributed by atoms with Crippen molar-refractivity contribution in [3.8, 4) is 0 Å². The second-order valence-electron chi connectivity index (χ2n) is 7.97. The normalized spacial score (nSPS) is 19.4. The van der Waals surface area contributed by atoms with E-state index < -0.39 is 10.0 Å². The van der Waals surface area contributed by atoms with E-state index >= 15 is 0 Å². The Hall–Kier alpha value is -2.67. The number of sulfonamides is 1. The number of aryl methyl sites for hydroxylation is 1. The summed E-state index contributed by atoms with van der Waals surface area (Å²) in [5, 5.41) is 12.7. The van der Waals surface area contributed by atoms with Crippen molar-refractivity contribution < 1.29 is 27.2 Å². The molecule has 3 N–H and O–H groups in total. The monoisotopic (exact) mass is 479 g/mol. The van der Waals surface area contributed by atoms with E-state index in [4.69, 9.17) is 14.0 Å². The summed E-state index contributed by atoms with van der Waals surface area (Å²) >= 11 is 0.